The lowest BCUT2D eigenvalue weighted by Gasteiger charge is -2.10. The molecule has 25 heavy (non-hydrogen) atoms. The molecule has 0 amide bonds. The van der Waals surface area contributed by atoms with E-state index in [4.69, 9.17) is 9.47 Å². The normalized spacial score (nSPS) is 10.2. The molecule has 0 aliphatic rings. The van der Waals surface area contributed by atoms with Crippen LogP contribution < -0.4 is 9.47 Å². The predicted octanol–water partition coefficient (Wildman–Crippen LogP) is 3.58. The van der Waals surface area contributed by atoms with Crippen LogP contribution in [0.15, 0.2) is 42.5 Å². The summed E-state index contributed by atoms with van der Waals surface area (Å²) < 4.78 is 15.2. The number of rotatable bonds is 7. The molecule has 0 N–H and O–H groups in total. The average molecular weight is 342 g/mol. The smallest absolute Gasteiger partial charge is 0.337 e. The second-order valence-electron chi connectivity index (χ2n) is 5.50. The Morgan fingerprint density at radius 1 is 0.920 bits per heavy atom. The fourth-order valence-electron chi connectivity index (χ4n) is 2.36. The third kappa shape index (κ3) is 5.08. The minimum Gasteiger partial charge on any atom is -0.493 e. The molecular weight excluding hydrogens is 320 g/mol. The zero-order valence-electron chi connectivity index (χ0n) is 14.7. The molecule has 0 spiro atoms. The zero-order valence-corrected chi connectivity index (χ0v) is 14.7. The Morgan fingerprint density at radius 2 is 1.60 bits per heavy atom. The fraction of sp³-hybridized carbons (Fsp3) is 0.300. The first-order valence-electron chi connectivity index (χ1n) is 8.12. The molecule has 0 bridgehead atoms. The zero-order chi connectivity index (χ0) is 18.2. The lowest BCUT2D eigenvalue weighted by Crippen LogP contribution is -2.10. The first kappa shape index (κ1) is 18.5. The van der Waals surface area contributed by atoms with Gasteiger partial charge in [-0.1, -0.05) is 31.2 Å². The van der Waals surface area contributed by atoms with Gasteiger partial charge < -0.3 is 14.2 Å². The van der Waals surface area contributed by atoms with E-state index in [0.29, 0.717) is 17.7 Å². The predicted molar refractivity (Wildman–Crippen MR) is 94.1 cm³/mol. The maximum Gasteiger partial charge on any atom is 0.337 e. The Bertz CT molecular complexity index is 734. The van der Waals surface area contributed by atoms with Gasteiger partial charge in [0.2, 0.25) is 0 Å². The van der Waals surface area contributed by atoms with Crippen LogP contribution in [0.2, 0.25) is 0 Å². The van der Waals surface area contributed by atoms with Gasteiger partial charge in [-0.05, 0) is 42.2 Å². The number of carbonyl (C=O) groups excluding carboxylic acids is 2. The number of aryl methyl sites for hydroxylation is 2. The van der Waals surface area contributed by atoms with Gasteiger partial charge in [0.1, 0.15) is 0 Å². The molecule has 0 fully saturated rings. The number of benzene rings is 2. The lowest BCUT2D eigenvalue weighted by molar-refractivity contribution is -0.134. The quantitative estimate of drug-likeness (QED) is 0.568. The minimum atomic E-state index is -0.480. The van der Waals surface area contributed by atoms with Crippen LogP contribution in [0.5, 0.6) is 11.5 Å². The number of esters is 2. The molecule has 0 aliphatic heterocycles. The molecule has 0 heterocycles. The van der Waals surface area contributed by atoms with Gasteiger partial charge in [-0.25, -0.2) is 4.79 Å². The molecule has 0 radical (unpaired) electrons. The number of carbonyl (C=O) groups is 2. The van der Waals surface area contributed by atoms with Gasteiger partial charge in [0, 0.05) is 6.42 Å². The monoisotopic (exact) mass is 342 g/mol. The maximum atomic E-state index is 12.1. The van der Waals surface area contributed by atoms with Crippen molar-refractivity contribution in [3.63, 3.8) is 0 Å². The lowest BCUT2D eigenvalue weighted by atomic mass is 10.1. The van der Waals surface area contributed by atoms with Gasteiger partial charge in [-0.15, -0.1) is 0 Å². The van der Waals surface area contributed by atoms with Crippen molar-refractivity contribution >= 4 is 11.9 Å². The largest absolute Gasteiger partial charge is 0.493 e. The van der Waals surface area contributed by atoms with Crippen LogP contribution in [0.4, 0.5) is 0 Å². The summed E-state index contributed by atoms with van der Waals surface area (Å²) in [4.78, 5) is 23.6. The van der Waals surface area contributed by atoms with Gasteiger partial charge in [-0.3, -0.25) is 4.79 Å². The van der Waals surface area contributed by atoms with Gasteiger partial charge in [-0.2, -0.15) is 0 Å². The van der Waals surface area contributed by atoms with Crippen LogP contribution in [0.25, 0.3) is 0 Å². The van der Waals surface area contributed by atoms with Crippen molar-refractivity contribution in [2.45, 2.75) is 26.2 Å². The van der Waals surface area contributed by atoms with E-state index in [0.717, 1.165) is 12.0 Å². The molecule has 2 aromatic rings. The molecular formula is C20H22O5. The van der Waals surface area contributed by atoms with Crippen molar-refractivity contribution in [3.8, 4) is 11.5 Å². The minimum absolute atomic E-state index is 0.257. The summed E-state index contributed by atoms with van der Waals surface area (Å²) in [5.74, 6) is -0.250. The highest BCUT2D eigenvalue weighted by atomic mass is 16.6. The summed E-state index contributed by atoms with van der Waals surface area (Å²) in [6.07, 6.45) is 1.85. The molecule has 5 heteroatoms. The van der Waals surface area contributed by atoms with E-state index in [1.54, 1.807) is 0 Å². The molecule has 0 aliphatic carbocycles. The van der Waals surface area contributed by atoms with Crippen molar-refractivity contribution in [2.24, 2.45) is 0 Å². The van der Waals surface area contributed by atoms with Crippen molar-refractivity contribution in [2.75, 3.05) is 14.2 Å². The second-order valence-corrected chi connectivity index (χ2v) is 5.50. The van der Waals surface area contributed by atoms with Gasteiger partial charge in [0.05, 0.1) is 19.8 Å². The van der Waals surface area contributed by atoms with Crippen molar-refractivity contribution in [1.29, 1.82) is 0 Å². The first-order valence-corrected chi connectivity index (χ1v) is 8.12. The molecule has 0 aromatic heterocycles. The molecule has 5 nitrogen and oxygen atoms in total. The molecule has 0 saturated carbocycles. The third-order valence-electron chi connectivity index (χ3n) is 3.86. The standard InChI is InChI=1S/C20H22O5/c1-4-14-5-7-15(8-6-14)9-12-19(21)25-17-11-10-16(20(22)24-3)13-18(17)23-2/h5-8,10-11,13H,4,9,12H2,1-3H3. The van der Waals surface area contributed by atoms with E-state index in [9.17, 15) is 9.59 Å². The summed E-state index contributed by atoms with van der Waals surface area (Å²) in [5, 5.41) is 0. The number of ether oxygens (including phenoxy) is 3. The van der Waals surface area contributed by atoms with Crippen molar-refractivity contribution < 1.29 is 23.8 Å². The molecule has 0 saturated heterocycles. The Kier molecular flexibility index (Phi) is 6.57. The highest BCUT2D eigenvalue weighted by molar-refractivity contribution is 5.90. The van der Waals surface area contributed by atoms with Crippen LogP contribution >= 0.6 is 0 Å². The Balaban J connectivity index is 1.98. The highest BCUT2D eigenvalue weighted by Crippen LogP contribution is 2.28. The van der Waals surface area contributed by atoms with E-state index in [1.165, 1.54) is 38.0 Å². The molecule has 2 aromatic carbocycles. The number of hydrogen-bond acceptors (Lipinski definition) is 5. The van der Waals surface area contributed by atoms with Crippen LogP contribution in [-0.4, -0.2) is 26.2 Å². The molecule has 0 atom stereocenters. The number of hydrogen-bond donors (Lipinski definition) is 0. The van der Waals surface area contributed by atoms with E-state index in [-0.39, 0.29) is 18.1 Å². The molecule has 2 rings (SSSR count). The van der Waals surface area contributed by atoms with Crippen LogP contribution in [0.3, 0.4) is 0 Å². The van der Waals surface area contributed by atoms with Crippen LogP contribution in [0.1, 0.15) is 34.8 Å². The summed E-state index contributed by atoms with van der Waals surface area (Å²) >= 11 is 0. The van der Waals surface area contributed by atoms with E-state index < -0.39 is 5.97 Å². The van der Waals surface area contributed by atoms with Crippen LogP contribution in [0, 0.1) is 0 Å². The molecule has 0 unspecified atom stereocenters. The second kappa shape index (κ2) is 8.87. The maximum absolute atomic E-state index is 12.1. The van der Waals surface area contributed by atoms with Gasteiger partial charge in [0.15, 0.2) is 11.5 Å². The first-order chi connectivity index (χ1) is 12.1. The Hall–Kier alpha value is -2.82. The summed E-state index contributed by atoms with van der Waals surface area (Å²) in [6.45, 7) is 2.10. The SMILES string of the molecule is CCc1ccc(CCC(=O)Oc2ccc(C(=O)OC)cc2OC)cc1. The third-order valence-corrected chi connectivity index (χ3v) is 3.86. The molecule has 132 valence electrons. The summed E-state index contributed by atoms with van der Waals surface area (Å²) in [5.41, 5.74) is 2.68. The van der Waals surface area contributed by atoms with Crippen LogP contribution in [-0.2, 0) is 22.4 Å². The Morgan fingerprint density at radius 3 is 2.20 bits per heavy atom. The van der Waals surface area contributed by atoms with Crippen molar-refractivity contribution in [1.82, 2.24) is 0 Å². The van der Waals surface area contributed by atoms with E-state index in [2.05, 4.69) is 23.8 Å². The van der Waals surface area contributed by atoms with Crippen molar-refractivity contribution in [3.05, 3.63) is 59.2 Å². The van der Waals surface area contributed by atoms with E-state index >= 15 is 0 Å². The summed E-state index contributed by atoms with van der Waals surface area (Å²) in [6, 6.07) is 12.7. The van der Waals surface area contributed by atoms with E-state index in [1.807, 2.05) is 12.1 Å². The van der Waals surface area contributed by atoms with Gasteiger partial charge in [0.25, 0.3) is 0 Å². The summed E-state index contributed by atoms with van der Waals surface area (Å²) in [7, 11) is 2.75. The average Bonchev–Trinajstić information content (AvgIpc) is 2.66. The topological polar surface area (TPSA) is 61.8 Å². The Labute approximate surface area is 147 Å². The fourth-order valence-corrected chi connectivity index (χ4v) is 2.36. The highest BCUT2D eigenvalue weighted by Gasteiger charge is 2.14. The van der Waals surface area contributed by atoms with Gasteiger partial charge >= 0.3 is 11.9 Å². The number of methoxy groups -OCH3 is 2.